The summed E-state index contributed by atoms with van der Waals surface area (Å²) < 4.78 is 2.11. The Labute approximate surface area is 174 Å². The number of imidazole rings is 1. The van der Waals surface area contributed by atoms with Crippen LogP contribution in [0.2, 0.25) is 0 Å². The van der Waals surface area contributed by atoms with Crippen molar-refractivity contribution in [3.63, 3.8) is 0 Å². The maximum Gasteiger partial charge on any atom is 0.253 e. The fourth-order valence-corrected chi connectivity index (χ4v) is 3.96. The van der Waals surface area contributed by atoms with E-state index in [1.54, 1.807) is 18.6 Å². The van der Waals surface area contributed by atoms with Gasteiger partial charge in [0.05, 0.1) is 18.2 Å². The van der Waals surface area contributed by atoms with Gasteiger partial charge in [0.25, 0.3) is 5.91 Å². The van der Waals surface area contributed by atoms with Crippen LogP contribution in [0.15, 0.2) is 61.3 Å². The van der Waals surface area contributed by atoms with Crippen LogP contribution in [0.25, 0.3) is 22.6 Å². The van der Waals surface area contributed by atoms with Crippen molar-refractivity contribution in [2.75, 3.05) is 13.1 Å². The highest BCUT2D eigenvalue weighted by Crippen LogP contribution is 2.27. The molecule has 1 aliphatic rings. The molecule has 150 valence electrons. The maximum atomic E-state index is 12.8. The molecule has 1 aromatic carbocycles. The molecule has 5 rings (SSSR count). The lowest BCUT2D eigenvalue weighted by atomic mass is 10.0. The predicted molar refractivity (Wildman–Crippen MR) is 114 cm³/mol. The molecule has 0 radical (unpaired) electrons. The van der Waals surface area contributed by atoms with Gasteiger partial charge in [-0.05, 0) is 44.0 Å². The zero-order valence-electron chi connectivity index (χ0n) is 16.8. The molecule has 7 nitrogen and oxygen atoms in total. The Balaban J connectivity index is 1.34. The van der Waals surface area contributed by atoms with Gasteiger partial charge in [0, 0.05) is 42.7 Å². The molecule has 4 aromatic rings. The van der Waals surface area contributed by atoms with Gasteiger partial charge in [-0.15, -0.1) is 0 Å². The minimum Gasteiger partial charge on any atom is -0.338 e. The second-order valence-corrected chi connectivity index (χ2v) is 7.69. The molecule has 0 unspecified atom stereocenters. The first-order valence-electron chi connectivity index (χ1n) is 10.1. The van der Waals surface area contributed by atoms with E-state index in [9.17, 15) is 4.79 Å². The van der Waals surface area contributed by atoms with Crippen molar-refractivity contribution < 1.29 is 4.79 Å². The number of pyridine rings is 1. The first-order chi connectivity index (χ1) is 14.7. The van der Waals surface area contributed by atoms with Gasteiger partial charge in [0.1, 0.15) is 0 Å². The Kier molecular flexibility index (Phi) is 4.71. The van der Waals surface area contributed by atoms with E-state index in [2.05, 4.69) is 19.5 Å². The number of piperidine rings is 1. The summed E-state index contributed by atoms with van der Waals surface area (Å²) in [4.78, 5) is 32.6. The zero-order chi connectivity index (χ0) is 20.5. The molecule has 0 aliphatic carbocycles. The highest BCUT2D eigenvalue weighted by atomic mass is 16.2. The molecular formula is C23H22N6O. The number of rotatable bonds is 3. The number of aryl methyl sites for hydroxylation is 1. The Morgan fingerprint density at radius 1 is 1.03 bits per heavy atom. The van der Waals surface area contributed by atoms with E-state index in [-0.39, 0.29) is 11.9 Å². The average molecular weight is 398 g/mol. The highest BCUT2D eigenvalue weighted by molar-refractivity contribution is 5.94. The minimum atomic E-state index is 0.0996. The van der Waals surface area contributed by atoms with E-state index in [4.69, 9.17) is 4.98 Å². The van der Waals surface area contributed by atoms with Crippen LogP contribution >= 0.6 is 0 Å². The van der Waals surface area contributed by atoms with Gasteiger partial charge >= 0.3 is 0 Å². The molecule has 7 heteroatoms. The quantitative estimate of drug-likeness (QED) is 0.526. The van der Waals surface area contributed by atoms with Crippen LogP contribution in [0, 0.1) is 6.92 Å². The summed E-state index contributed by atoms with van der Waals surface area (Å²) in [6.45, 7) is 3.46. The number of hydrogen-bond donors (Lipinski definition) is 0. The molecule has 3 aromatic heterocycles. The van der Waals surface area contributed by atoms with E-state index in [0.717, 1.165) is 40.9 Å². The van der Waals surface area contributed by atoms with Gasteiger partial charge in [-0.1, -0.05) is 17.7 Å². The first-order valence-corrected chi connectivity index (χ1v) is 10.1. The molecule has 0 saturated carbocycles. The summed E-state index contributed by atoms with van der Waals surface area (Å²) in [6, 6.07) is 11.9. The monoisotopic (exact) mass is 398 g/mol. The van der Waals surface area contributed by atoms with Crippen molar-refractivity contribution in [3.05, 3.63) is 72.4 Å². The Morgan fingerprint density at radius 3 is 2.57 bits per heavy atom. The van der Waals surface area contributed by atoms with E-state index < -0.39 is 0 Å². The smallest absolute Gasteiger partial charge is 0.253 e. The molecule has 1 saturated heterocycles. The maximum absolute atomic E-state index is 12.8. The summed E-state index contributed by atoms with van der Waals surface area (Å²) in [7, 11) is 0. The molecule has 1 fully saturated rings. The summed E-state index contributed by atoms with van der Waals surface area (Å²) in [5.41, 5.74) is 5.03. The van der Waals surface area contributed by atoms with Crippen LogP contribution < -0.4 is 0 Å². The lowest BCUT2D eigenvalue weighted by Gasteiger charge is -2.32. The Morgan fingerprint density at radius 2 is 1.83 bits per heavy atom. The normalized spacial score (nSPS) is 14.9. The predicted octanol–water partition coefficient (Wildman–Crippen LogP) is 3.67. The number of hydrogen-bond acceptors (Lipinski definition) is 5. The second kappa shape index (κ2) is 7.67. The lowest BCUT2D eigenvalue weighted by Crippen LogP contribution is -2.39. The van der Waals surface area contributed by atoms with Crippen LogP contribution in [0.3, 0.4) is 0 Å². The fraction of sp³-hybridized carbons (Fsp3) is 0.261. The topological polar surface area (TPSA) is 76.8 Å². The molecule has 1 amide bonds. The van der Waals surface area contributed by atoms with Crippen molar-refractivity contribution >= 4 is 17.2 Å². The third kappa shape index (κ3) is 3.43. The highest BCUT2D eigenvalue weighted by Gasteiger charge is 2.26. The van der Waals surface area contributed by atoms with E-state index in [1.165, 1.54) is 0 Å². The van der Waals surface area contributed by atoms with Crippen molar-refractivity contribution in [1.82, 2.24) is 29.4 Å². The number of aromatic nitrogens is 5. The molecule has 0 bridgehead atoms. The van der Waals surface area contributed by atoms with E-state index in [1.807, 2.05) is 54.5 Å². The van der Waals surface area contributed by atoms with Crippen molar-refractivity contribution in [2.45, 2.75) is 25.8 Å². The molecule has 1 aliphatic heterocycles. The van der Waals surface area contributed by atoms with Crippen LogP contribution in [0.4, 0.5) is 0 Å². The Bertz CT molecular complexity index is 1180. The van der Waals surface area contributed by atoms with E-state index in [0.29, 0.717) is 18.7 Å². The number of amides is 1. The molecule has 0 spiro atoms. The van der Waals surface area contributed by atoms with Crippen molar-refractivity contribution in [2.24, 2.45) is 0 Å². The Hall–Kier alpha value is -3.61. The summed E-state index contributed by atoms with van der Waals surface area (Å²) in [6.07, 6.45) is 8.81. The van der Waals surface area contributed by atoms with Crippen LogP contribution in [0.5, 0.6) is 0 Å². The fourth-order valence-electron chi connectivity index (χ4n) is 3.96. The molecule has 30 heavy (non-hydrogen) atoms. The summed E-state index contributed by atoms with van der Waals surface area (Å²) in [5.74, 6) is 0.0996. The third-order valence-electron chi connectivity index (χ3n) is 5.69. The number of nitrogens with zero attached hydrogens (tertiary/aromatic N) is 6. The number of carbonyl (C=O) groups is 1. The SMILES string of the molecule is Cc1ccc(C(=O)N2CCC(n3cnc4ncc(-c5cccnc5)nc43)CC2)cc1. The second-order valence-electron chi connectivity index (χ2n) is 7.69. The zero-order valence-corrected chi connectivity index (χ0v) is 16.8. The van der Waals surface area contributed by atoms with Gasteiger partial charge in [-0.3, -0.25) is 9.78 Å². The van der Waals surface area contributed by atoms with Gasteiger partial charge in [-0.25, -0.2) is 15.0 Å². The largest absolute Gasteiger partial charge is 0.338 e. The molecule has 4 heterocycles. The van der Waals surface area contributed by atoms with Crippen LogP contribution in [-0.4, -0.2) is 48.4 Å². The number of fused-ring (bicyclic) bond motifs is 1. The molecular weight excluding hydrogens is 376 g/mol. The van der Waals surface area contributed by atoms with Crippen LogP contribution in [0.1, 0.15) is 34.8 Å². The van der Waals surface area contributed by atoms with Gasteiger partial charge in [0.15, 0.2) is 11.3 Å². The van der Waals surface area contributed by atoms with E-state index >= 15 is 0 Å². The van der Waals surface area contributed by atoms with Crippen LogP contribution in [-0.2, 0) is 0 Å². The molecule has 0 atom stereocenters. The number of likely N-dealkylation sites (tertiary alicyclic amines) is 1. The average Bonchev–Trinajstić information content (AvgIpc) is 3.23. The van der Waals surface area contributed by atoms with Crippen molar-refractivity contribution in [3.8, 4) is 11.3 Å². The minimum absolute atomic E-state index is 0.0996. The molecule has 0 N–H and O–H groups in total. The standard InChI is InChI=1S/C23H22N6O/c1-16-4-6-17(7-5-16)23(30)28-11-8-19(9-12-28)29-15-26-21-22(29)27-20(14-25-21)18-3-2-10-24-13-18/h2-7,10,13-15,19H,8-9,11-12H2,1H3. The van der Waals surface area contributed by atoms with Gasteiger partial charge in [-0.2, -0.15) is 0 Å². The number of benzene rings is 1. The third-order valence-corrected chi connectivity index (χ3v) is 5.69. The summed E-state index contributed by atoms with van der Waals surface area (Å²) >= 11 is 0. The summed E-state index contributed by atoms with van der Waals surface area (Å²) in [5, 5.41) is 0. The first kappa shape index (κ1) is 18.4. The lowest BCUT2D eigenvalue weighted by molar-refractivity contribution is 0.0696. The van der Waals surface area contributed by atoms with Crippen molar-refractivity contribution in [1.29, 1.82) is 0 Å². The number of carbonyl (C=O) groups excluding carboxylic acids is 1. The van der Waals surface area contributed by atoms with Gasteiger partial charge < -0.3 is 9.47 Å². The van der Waals surface area contributed by atoms with Gasteiger partial charge in [0.2, 0.25) is 0 Å².